The molecule has 92 valence electrons. The van der Waals surface area contributed by atoms with Gasteiger partial charge in [-0.3, -0.25) is 0 Å². The van der Waals surface area contributed by atoms with E-state index in [0.29, 0.717) is 0 Å². The summed E-state index contributed by atoms with van der Waals surface area (Å²) in [5, 5.41) is 3.90. The molecular weight excluding hydrogens is 234 g/mol. The first kappa shape index (κ1) is 13.8. The molecule has 1 aromatic carbocycles. The third kappa shape index (κ3) is 4.61. The summed E-state index contributed by atoms with van der Waals surface area (Å²) in [5.41, 5.74) is 1.82. The van der Waals surface area contributed by atoms with Gasteiger partial charge in [0, 0.05) is 11.8 Å². The van der Waals surface area contributed by atoms with Gasteiger partial charge in [0.25, 0.3) is 0 Å². The van der Waals surface area contributed by atoms with Gasteiger partial charge in [-0.2, -0.15) is 0 Å². The van der Waals surface area contributed by atoms with Gasteiger partial charge in [-0.05, 0) is 30.4 Å². The van der Waals surface area contributed by atoms with Crippen molar-refractivity contribution in [3.63, 3.8) is 0 Å². The third-order valence-corrected chi connectivity index (χ3v) is 2.94. The van der Waals surface area contributed by atoms with E-state index >= 15 is 0 Å². The highest BCUT2D eigenvalue weighted by molar-refractivity contribution is 7.98. The van der Waals surface area contributed by atoms with Crippen LogP contribution < -0.4 is 0 Å². The van der Waals surface area contributed by atoms with Crippen LogP contribution in [0.4, 0.5) is 0 Å². The minimum atomic E-state index is -0.390. The van der Waals surface area contributed by atoms with Crippen molar-refractivity contribution in [3.05, 3.63) is 29.8 Å². The highest BCUT2D eigenvalue weighted by atomic mass is 32.2. The first-order valence-electron chi connectivity index (χ1n) is 5.56. The van der Waals surface area contributed by atoms with Gasteiger partial charge in [-0.1, -0.05) is 30.6 Å². The van der Waals surface area contributed by atoms with Gasteiger partial charge < -0.3 is 4.84 Å². The number of nitrogens with zero attached hydrogens (tertiary/aromatic N) is 1. The van der Waals surface area contributed by atoms with Gasteiger partial charge in [0.05, 0.1) is 5.71 Å². The summed E-state index contributed by atoms with van der Waals surface area (Å²) in [4.78, 5) is 16.7. The number of carbonyl (C=O) groups is 1. The Morgan fingerprint density at radius 1 is 1.35 bits per heavy atom. The van der Waals surface area contributed by atoms with Crippen LogP contribution in [0.5, 0.6) is 0 Å². The molecule has 0 aromatic heterocycles. The summed E-state index contributed by atoms with van der Waals surface area (Å²) in [6, 6.07) is 8.09. The fourth-order valence-electron chi connectivity index (χ4n) is 1.38. The van der Waals surface area contributed by atoms with E-state index in [-0.39, 0.29) is 5.97 Å². The number of carbonyl (C=O) groups excluding carboxylic acids is 1. The predicted molar refractivity (Wildman–Crippen MR) is 71.4 cm³/mol. The van der Waals surface area contributed by atoms with E-state index in [4.69, 9.17) is 4.84 Å². The Morgan fingerprint density at radius 2 is 2.00 bits per heavy atom. The normalized spacial score (nSPS) is 11.4. The summed E-state index contributed by atoms with van der Waals surface area (Å²) in [5.74, 6) is -0.390. The average Bonchev–Trinajstić information content (AvgIpc) is 2.34. The van der Waals surface area contributed by atoms with E-state index in [0.717, 1.165) is 24.1 Å². The standard InChI is InChI=1S/C13H17NO2S/c1-4-5-13(14-16-10(2)15)11-6-8-12(17-3)9-7-11/h6-9H,4-5H2,1-3H3/b14-13+. The predicted octanol–water partition coefficient (Wildman–Crippen LogP) is 3.48. The first-order valence-corrected chi connectivity index (χ1v) is 6.78. The van der Waals surface area contributed by atoms with Crippen molar-refractivity contribution in [1.29, 1.82) is 0 Å². The Kier molecular flexibility index (Phi) is 5.77. The molecule has 0 unspecified atom stereocenters. The van der Waals surface area contributed by atoms with Crippen LogP contribution in [0.25, 0.3) is 0 Å². The van der Waals surface area contributed by atoms with Gasteiger partial charge in [-0.15, -0.1) is 11.8 Å². The summed E-state index contributed by atoms with van der Waals surface area (Å²) in [6.45, 7) is 3.42. The van der Waals surface area contributed by atoms with Crippen molar-refractivity contribution >= 4 is 23.4 Å². The molecular formula is C13H17NO2S. The van der Waals surface area contributed by atoms with Gasteiger partial charge >= 0.3 is 5.97 Å². The zero-order valence-corrected chi connectivity index (χ0v) is 11.2. The molecule has 0 amide bonds. The van der Waals surface area contributed by atoms with Crippen LogP contribution in [0.15, 0.2) is 34.3 Å². The lowest BCUT2D eigenvalue weighted by Crippen LogP contribution is -2.03. The quantitative estimate of drug-likeness (QED) is 0.348. The van der Waals surface area contributed by atoms with E-state index in [9.17, 15) is 4.79 Å². The fourth-order valence-corrected chi connectivity index (χ4v) is 1.79. The van der Waals surface area contributed by atoms with Crippen LogP contribution >= 0.6 is 11.8 Å². The second-order valence-electron chi connectivity index (χ2n) is 3.60. The molecule has 0 saturated heterocycles. The highest BCUT2D eigenvalue weighted by Crippen LogP contribution is 2.16. The second kappa shape index (κ2) is 7.12. The number of oxime groups is 1. The van der Waals surface area contributed by atoms with E-state index in [2.05, 4.69) is 12.1 Å². The number of hydrogen-bond donors (Lipinski definition) is 0. The van der Waals surface area contributed by atoms with Crippen LogP contribution in [0.2, 0.25) is 0 Å². The highest BCUT2D eigenvalue weighted by Gasteiger charge is 2.04. The summed E-state index contributed by atoms with van der Waals surface area (Å²) >= 11 is 1.70. The summed E-state index contributed by atoms with van der Waals surface area (Å²) in [6.07, 6.45) is 3.80. The fraction of sp³-hybridized carbons (Fsp3) is 0.385. The van der Waals surface area contributed by atoms with E-state index < -0.39 is 0 Å². The Hall–Kier alpha value is -1.29. The monoisotopic (exact) mass is 251 g/mol. The molecule has 0 heterocycles. The van der Waals surface area contributed by atoms with E-state index in [1.54, 1.807) is 11.8 Å². The van der Waals surface area contributed by atoms with Crippen LogP contribution in [-0.2, 0) is 9.63 Å². The smallest absolute Gasteiger partial charge is 0.318 e. The number of rotatable bonds is 5. The lowest BCUT2D eigenvalue weighted by atomic mass is 10.1. The van der Waals surface area contributed by atoms with Crippen molar-refractivity contribution in [3.8, 4) is 0 Å². The summed E-state index contributed by atoms with van der Waals surface area (Å²) in [7, 11) is 0. The maximum atomic E-state index is 10.8. The molecule has 0 fully saturated rings. The minimum Gasteiger partial charge on any atom is -0.318 e. The van der Waals surface area contributed by atoms with Gasteiger partial charge in [0.1, 0.15) is 0 Å². The molecule has 0 aliphatic carbocycles. The van der Waals surface area contributed by atoms with Crippen molar-refractivity contribution in [2.24, 2.45) is 5.16 Å². The zero-order chi connectivity index (χ0) is 12.7. The molecule has 0 bridgehead atoms. The van der Waals surface area contributed by atoms with E-state index in [1.165, 1.54) is 11.8 Å². The topological polar surface area (TPSA) is 38.7 Å². The molecule has 0 saturated carbocycles. The SMILES string of the molecule is CCC/C(=N\OC(C)=O)c1ccc(SC)cc1. The summed E-state index contributed by atoms with van der Waals surface area (Å²) < 4.78 is 0. The molecule has 0 atom stereocenters. The molecule has 1 rings (SSSR count). The molecule has 0 radical (unpaired) electrons. The van der Waals surface area contributed by atoms with Gasteiger partial charge in [0.2, 0.25) is 0 Å². The average molecular weight is 251 g/mol. The zero-order valence-electron chi connectivity index (χ0n) is 10.4. The van der Waals surface area contributed by atoms with Crippen molar-refractivity contribution < 1.29 is 9.63 Å². The first-order chi connectivity index (χ1) is 8.17. The molecule has 4 heteroatoms. The number of hydrogen-bond acceptors (Lipinski definition) is 4. The number of thioether (sulfide) groups is 1. The molecule has 1 aromatic rings. The molecule has 3 nitrogen and oxygen atoms in total. The molecule has 0 aliphatic rings. The second-order valence-corrected chi connectivity index (χ2v) is 4.48. The van der Waals surface area contributed by atoms with Gasteiger partial charge in [-0.25, -0.2) is 4.79 Å². The van der Waals surface area contributed by atoms with Crippen LogP contribution in [0.3, 0.4) is 0 Å². The molecule has 17 heavy (non-hydrogen) atoms. The minimum absolute atomic E-state index is 0.390. The Bertz CT molecular complexity index is 398. The van der Waals surface area contributed by atoms with Crippen LogP contribution in [0.1, 0.15) is 32.3 Å². The maximum Gasteiger partial charge on any atom is 0.331 e. The van der Waals surface area contributed by atoms with Crippen molar-refractivity contribution in [2.45, 2.75) is 31.6 Å². The largest absolute Gasteiger partial charge is 0.331 e. The maximum absolute atomic E-state index is 10.8. The van der Waals surface area contributed by atoms with Crippen LogP contribution in [0, 0.1) is 0 Å². The lowest BCUT2D eigenvalue weighted by Gasteiger charge is -2.05. The van der Waals surface area contributed by atoms with E-state index in [1.807, 2.05) is 30.5 Å². The number of benzene rings is 1. The molecule has 0 aliphatic heterocycles. The molecule has 0 spiro atoms. The lowest BCUT2D eigenvalue weighted by molar-refractivity contribution is -0.140. The molecule has 0 N–H and O–H groups in total. The third-order valence-electron chi connectivity index (χ3n) is 2.19. The Labute approximate surface area is 106 Å². The van der Waals surface area contributed by atoms with Crippen molar-refractivity contribution in [2.75, 3.05) is 6.26 Å². The van der Waals surface area contributed by atoms with Gasteiger partial charge in [0.15, 0.2) is 0 Å². The van der Waals surface area contributed by atoms with Crippen LogP contribution in [-0.4, -0.2) is 17.9 Å². The van der Waals surface area contributed by atoms with Crippen molar-refractivity contribution in [1.82, 2.24) is 0 Å². The Balaban J connectivity index is 2.88. The Morgan fingerprint density at radius 3 is 2.47 bits per heavy atom.